The fourth-order valence-electron chi connectivity index (χ4n) is 0.918. The van der Waals surface area contributed by atoms with Gasteiger partial charge in [-0.15, -0.1) is 22.8 Å². The Kier molecular flexibility index (Phi) is 1.47. The normalized spacial score (nSPS) is 10.3. The number of aromatic nitrogens is 3. The van der Waals surface area contributed by atoms with Crippen LogP contribution < -0.4 is 0 Å². The van der Waals surface area contributed by atoms with Crippen molar-refractivity contribution in [1.29, 1.82) is 0 Å². The SMILES string of the molecule is Sc1cccc2nnncc12. The molecule has 0 aliphatic carbocycles. The Balaban J connectivity index is 2.91. The molecule has 1 aromatic heterocycles. The zero-order valence-electron chi connectivity index (χ0n) is 5.60. The summed E-state index contributed by atoms with van der Waals surface area (Å²) in [6, 6.07) is 5.66. The molecule has 0 aliphatic rings. The van der Waals surface area contributed by atoms with Crippen molar-refractivity contribution in [2.75, 3.05) is 0 Å². The van der Waals surface area contributed by atoms with E-state index in [0.717, 1.165) is 15.8 Å². The topological polar surface area (TPSA) is 38.7 Å². The monoisotopic (exact) mass is 163 g/mol. The first-order valence-corrected chi connectivity index (χ1v) is 3.59. The van der Waals surface area contributed by atoms with E-state index in [1.54, 1.807) is 6.20 Å². The van der Waals surface area contributed by atoms with Gasteiger partial charge in [-0.25, -0.2) is 0 Å². The second-order valence-corrected chi connectivity index (χ2v) is 2.63. The number of fused-ring (bicyclic) bond motifs is 1. The molecular weight excluding hydrogens is 158 g/mol. The molecule has 0 saturated carbocycles. The van der Waals surface area contributed by atoms with Gasteiger partial charge in [-0.3, -0.25) is 0 Å². The Bertz CT molecular complexity index is 383. The van der Waals surface area contributed by atoms with Crippen LogP contribution in [0.1, 0.15) is 0 Å². The van der Waals surface area contributed by atoms with E-state index in [9.17, 15) is 0 Å². The van der Waals surface area contributed by atoms with Gasteiger partial charge in [0, 0.05) is 10.3 Å². The molecule has 2 aromatic rings. The van der Waals surface area contributed by atoms with Crippen LogP contribution in [0.25, 0.3) is 10.9 Å². The van der Waals surface area contributed by atoms with Crippen molar-refractivity contribution >= 4 is 23.5 Å². The van der Waals surface area contributed by atoms with Crippen LogP contribution in [-0.4, -0.2) is 15.4 Å². The largest absolute Gasteiger partial charge is 0.143 e. The zero-order valence-corrected chi connectivity index (χ0v) is 6.49. The summed E-state index contributed by atoms with van der Waals surface area (Å²) in [7, 11) is 0. The molecule has 0 radical (unpaired) electrons. The second kappa shape index (κ2) is 2.47. The molecule has 3 nitrogen and oxygen atoms in total. The summed E-state index contributed by atoms with van der Waals surface area (Å²) >= 11 is 4.24. The second-order valence-electron chi connectivity index (χ2n) is 2.14. The number of rotatable bonds is 0. The lowest BCUT2D eigenvalue weighted by Gasteiger charge is -1.95. The van der Waals surface area contributed by atoms with E-state index in [4.69, 9.17) is 0 Å². The van der Waals surface area contributed by atoms with E-state index in [1.807, 2.05) is 18.2 Å². The Morgan fingerprint density at radius 2 is 2.18 bits per heavy atom. The predicted molar refractivity (Wildman–Crippen MR) is 44.6 cm³/mol. The summed E-state index contributed by atoms with van der Waals surface area (Å²) < 4.78 is 0. The van der Waals surface area contributed by atoms with Crippen LogP contribution in [0.3, 0.4) is 0 Å². The maximum absolute atomic E-state index is 4.24. The van der Waals surface area contributed by atoms with Crippen molar-refractivity contribution in [3.8, 4) is 0 Å². The van der Waals surface area contributed by atoms with Gasteiger partial charge >= 0.3 is 0 Å². The molecule has 2 rings (SSSR count). The van der Waals surface area contributed by atoms with Crippen molar-refractivity contribution < 1.29 is 0 Å². The minimum absolute atomic E-state index is 0.826. The Morgan fingerprint density at radius 3 is 3.00 bits per heavy atom. The van der Waals surface area contributed by atoms with Gasteiger partial charge in [0.25, 0.3) is 0 Å². The van der Waals surface area contributed by atoms with E-state index >= 15 is 0 Å². The molecule has 0 saturated heterocycles. The minimum Gasteiger partial charge on any atom is -0.143 e. The molecule has 0 bridgehead atoms. The molecule has 11 heavy (non-hydrogen) atoms. The van der Waals surface area contributed by atoms with E-state index in [2.05, 4.69) is 28.0 Å². The van der Waals surface area contributed by atoms with Crippen molar-refractivity contribution in [1.82, 2.24) is 15.4 Å². The molecule has 0 atom stereocenters. The minimum atomic E-state index is 0.826. The highest BCUT2D eigenvalue weighted by atomic mass is 32.1. The van der Waals surface area contributed by atoms with Crippen LogP contribution in [-0.2, 0) is 0 Å². The van der Waals surface area contributed by atoms with Crippen LogP contribution in [0.5, 0.6) is 0 Å². The fraction of sp³-hybridized carbons (Fsp3) is 0. The summed E-state index contributed by atoms with van der Waals surface area (Å²) in [6.45, 7) is 0. The summed E-state index contributed by atoms with van der Waals surface area (Å²) in [6.07, 6.45) is 1.66. The highest BCUT2D eigenvalue weighted by molar-refractivity contribution is 7.80. The summed E-state index contributed by atoms with van der Waals surface area (Å²) in [5.74, 6) is 0. The van der Waals surface area contributed by atoms with Gasteiger partial charge in [0.15, 0.2) is 0 Å². The lowest BCUT2D eigenvalue weighted by molar-refractivity contribution is 0.893. The molecule has 0 spiro atoms. The average Bonchev–Trinajstić information content (AvgIpc) is 2.06. The maximum Gasteiger partial charge on any atom is 0.0974 e. The Labute approximate surface area is 68.9 Å². The van der Waals surface area contributed by atoms with Crippen LogP contribution >= 0.6 is 12.6 Å². The number of benzene rings is 1. The first-order valence-electron chi connectivity index (χ1n) is 3.14. The van der Waals surface area contributed by atoms with Crippen LogP contribution in [0, 0.1) is 0 Å². The van der Waals surface area contributed by atoms with Crippen LogP contribution in [0.15, 0.2) is 29.3 Å². The highest BCUT2D eigenvalue weighted by Crippen LogP contribution is 2.17. The van der Waals surface area contributed by atoms with Gasteiger partial charge in [-0.1, -0.05) is 6.07 Å². The fourth-order valence-corrected chi connectivity index (χ4v) is 1.18. The molecule has 0 amide bonds. The predicted octanol–water partition coefficient (Wildman–Crippen LogP) is 1.31. The van der Waals surface area contributed by atoms with Gasteiger partial charge in [0.05, 0.1) is 11.7 Å². The average molecular weight is 163 g/mol. The molecule has 4 heteroatoms. The van der Waals surface area contributed by atoms with Crippen molar-refractivity contribution in [3.63, 3.8) is 0 Å². The lowest BCUT2D eigenvalue weighted by atomic mass is 10.2. The number of hydrogen-bond acceptors (Lipinski definition) is 4. The molecule has 54 valence electrons. The number of nitrogens with zero attached hydrogens (tertiary/aromatic N) is 3. The Hall–Kier alpha value is -1.16. The molecule has 0 aliphatic heterocycles. The van der Waals surface area contributed by atoms with Crippen molar-refractivity contribution in [3.05, 3.63) is 24.4 Å². The summed E-state index contributed by atoms with van der Waals surface area (Å²) in [5.41, 5.74) is 0.826. The third-order valence-electron chi connectivity index (χ3n) is 1.45. The van der Waals surface area contributed by atoms with Crippen molar-refractivity contribution in [2.24, 2.45) is 0 Å². The van der Waals surface area contributed by atoms with Crippen LogP contribution in [0.4, 0.5) is 0 Å². The van der Waals surface area contributed by atoms with Gasteiger partial charge in [0.2, 0.25) is 0 Å². The summed E-state index contributed by atoms with van der Waals surface area (Å²) in [4.78, 5) is 0.880. The van der Waals surface area contributed by atoms with Crippen molar-refractivity contribution in [2.45, 2.75) is 4.90 Å². The zero-order chi connectivity index (χ0) is 7.68. The third-order valence-corrected chi connectivity index (χ3v) is 1.84. The molecular formula is C7H5N3S. The first kappa shape index (κ1) is 6.54. The van der Waals surface area contributed by atoms with Gasteiger partial charge in [-0.2, -0.15) is 0 Å². The number of thiol groups is 1. The molecule has 0 unspecified atom stereocenters. The molecule has 0 fully saturated rings. The van der Waals surface area contributed by atoms with E-state index in [1.165, 1.54) is 0 Å². The van der Waals surface area contributed by atoms with Gasteiger partial charge in [-0.05, 0) is 17.3 Å². The summed E-state index contributed by atoms with van der Waals surface area (Å²) in [5, 5.41) is 12.0. The molecule has 0 N–H and O–H groups in total. The third kappa shape index (κ3) is 1.05. The quantitative estimate of drug-likeness (QED) is 0.595. The Morgan fingerprint density at radius 1 is 1.27 bits per heavy atom. The molecule has 1 aromatic carbocycles. The van der Waals surface area contributed by atoms with Gasteiger partial charge < -0.3 is 0 Å². The van der Waals surface area contributed by atoms with E-state index < -0.39 is 0 Å². The maximum atomic E-state index is 4.24. The number of hydrogen-bond donors (Lipinski definition) is 1. The van der Waals surface area contributed by atoms with Crippen LogP contribution in [0.2, 0.25) is 0 Å². The standard InChI is InChI=1S/C7H5N3S/c11-7-3-1-2-6-5(7)4-8-10-9-6/h1-4,11H. The van der Waals surface area contributed by atoms with Gasteiger partial charge in [0.1, 0.15) is 0 Å². The lowest BCUT2D eigenvalue weighted by Crippen LogP contribution is -1.86. The highest BCUT2D eigenvalue weighted by Gasteiger charge is 1.96. The van der Waals surface area contributed by atoms with E-state index in [-0.39, 0.29) is 0 Å². The van der Waals surface area contributed by atoms with E-state index in [0.29, 0.717) is 0 Å². The molecule has 1 heterocycles. The smallest absolute Gasteiger partial charge is 0.0974 e. The first-order chi connectivity index (χ1) is 5.38.